The Hall–Kier alpha value is -3.20. The Balaban J connectivity index is 1.53. The predicted octanol–water partition coefficient (Wildman–Crippen LogP) is 2.55. The van der Waals surface area contributed by atoms with E-state index in [2.05, 4.69) is 22.7 Å². The lowest BCUT2D eigenvalue weighted by Gasteiger charge is -2.18. The highest BCUT2D eigenvalue weighted by atomic mass is 32.1. The second kappa shape index (κ2) is 9.33. The average molecular weight is 414 g/mol. The normalized spacial score (nSPS) is 15.6. The van der Waals surface area contributed by atoms with Crippen LogP contribution < -0.4 is 16.4 Å². The number of benzene rings is 1. The van der Waals surface area contributed by atoms with Gasteiger partial charge in [0.05, 0.1) is 5.56 Å². The highest BCUT2D eigenvalue weighted by Crippen LogP contribution is 2.39. The average Bonchev–Trinajstić information content (AvgIpc) is 3.03. The van der Waals surface area contributed by atoms with Crippen LogP contribution in [0.25, 0.3) is 0 Å². The summed E-state index contributed by atoms with van der Waals surface area (Å²) in [5.41, 5.74) is 7.47. The minimum Gasteiger partial charge on any atom is -0.385 e. The van der Waals surface area contributed by atoms with Crippen molar-refractivity contribution in [3.05, 3.63) is 46.3 Å². The number of para-hydroxylation sites is 1. The third-order valence-corrected chi connectivity index (χ3v) is 5.66. The third-order valence-electron chi connectivity index (χ3n) is 4.49. The van der Waals surface area contributed by atoms with Crippen LogP contribution in [0.2, 0.25) is 0 Å². The van der Waals surface area contributed by atoms with E-state index in [1.807, 2.05) is 6.07 Å². The van der Waals surface area contributed by atoms with Crippen molar-refractivity contribution in [1.82, 2.24) is 0 Å². The summed E-state index contributed by atoms with van der Waals surface area (Å²) < 4.78 is 0. The molecule has 152 valence electrons. The Kier molecular flexibility index (Phi) is 6.61. The van der Waals surface area contributed by atoms with Gasteiger partial charge in [0.2, 0.25) is 0 Å². The molecule has 0 bridgehead atoms. The van der Waals surface area contributed by atoms with Gasteiger partial charge in [-0.3, -0.25) is 14.4 Å². The first-order valence-electron chi connectivity index (χ1n) is 9.19. The first-order valence-corrected chi connectivity index (χ1v) is 10.0. The predicted molar refractivity (Wildman–Crippen MR) is 112 cm³/mol. The van der Waals surface area contributed by atoms with Gasteiger partial charge in [-0.05, 0) is 42.9 Å². The molecule has 9 heteroatoms. The number of amides is 3. The molecule has 1 heterocycles. The third kappa shape index (κ3) is 5.41. The molecule has 3 amide bonds. The van der Waals surface area contributed by atoms with Crippen LogP contribution in [0.1, 0.15) is 34.1 Å². The lowest BCUT2D eigenvalue weighted by molar-refractivity contribution is -0.120. The summed E-state index contributed by atoms with van der Waals surface area (Å²) in [5.74, 6) is -0.985. The van der Waals surface area contributed by atoms with E-state index in [-0.39, 0.29) is 0 Å². The molecule has 2 aromatic rings. The summed E-state index contributed by atoms with van der Waals surface area (Å²) in [6.45, 7) is 1.76. The molecule has 8 nitrogen and oxygen atoms in total. The van der Waals surface area contributed by atoms with Crippen LogP contribution in [0.4, 0.5) is 10.7 Å². The van der Waals surface area contributed by atoms with Crippen molar-refractivity contribution in [3.63, 3.8) is 0 Å². The van der Waals surface area contributed by atoms with Crippen LogP contribution in [-0.2, 0) is 27.3 Å². The van der Waals surface area contributed by atoms with Gasteiger partial charge in [0.25, 0.3) is 17.7 Å². The Morgan fingerprint density at radius 3 is 2.76 bits per heavy atom. The van der Waals surface area contributed by atoms with Gasteiger partial charge in [0.1, 0.15) is 11.2 Å². The van der Waals surface area contributed by atoms with E-state index in [0.717, 1.165) is 35.9 Å². The van der Waals surface area contributed by atoms with Gasteiger partial charge >= 0.3 is 0 Å². The number of fused-ring (bicyclic) bond motifs is 1. The molecule has 0 spiro atoms. The fourth-order valence-electron chi connectivity index (χ4n) is 3.14. The highest BCUT2D eigenvalue weighted by molar-refractivity contribution is 7.17. The fourth-order valence-corrected chi connectivity index (χ4v) is 4.57. The molecular formula is C20H22N4O4S. The lowest BCUT2D eigenvalue weighted by Crippen LogP contribution is -2.21. The standard InChI is InChI=1S/C20H22N4O4S/c1-12-7-8-14-15(9-12)29-20(18(14)19(21)27)24-17(26)11-28-22-10-16(25)23-13-5-3-2-4-6-13/h2-6,10,12H,7-9,11H2,1H3,(H2,21,27)(H,23,25)(H,24,26)/b22-10+. The number of carbonyl (C=O) groups excluding carboxylic acids is 3. The number of hydrogen-bond acceptors (Lipinski definition) is 6. The Bertz CT molecular complexity index is 939. The Morgan fingerprint density at radius 1 is 1.28 bits per heavy atom. The number of anilines is 2. The minimum absolute atomic E-state index is 0.385. The van der Waals surface area contributed by atoms with Crippen molar-refractivity contribution >= 4 is 46.0 Å². The summed E-state index contributed by atoms with van der Waals surface area (Å²) in [5, 5.41) is 9.21. The quantitative estimate of drug-likeness (QED) is 0.476. The van der Waals surface area contributed by atoms with Crippen molar-refractivity contribution in [1.29, 1.82) is 0 Å². The maximum Gasteiger partial charge on any atom is 0.270 e. The monoisotopic (exact) mass is 414 g/mol. The van der Waals surface area contributed by atoms with Crippen LogP contribution in [0.5, 0.6) is 0 Å². The van der Waals surface area contributed by atoms with Gasteiger partial charge in [-0.2, -0.15) is 0 Å². The Morgan fingerprint density at radius 2 is 2.03 bits per heavy atom. The van der Waals surface area contributed by atoms with Crippen LogP contribution >= 0.6 is 11.3 Å². The minimum atomic E-state index is -0.552. The van der Waals surface area contributed by atoms with Crippen molar-refractivity contribution in [2.24, 2.45) is 16.8 Å². The first-order chi connectivity index (χ1) is 13.9. The number of nitrogens with zero attached hydrogens (tertiary/aromatic N) is 1. The van der Waals surface area contributed by atoms with Gasteiger partial charge < -0.3 is 21.2 Å². The summed E-state index contributed by atoms with van der Waals surface area (Å²) in [7, 11) is 0. The van der Waals surface area contributed by atoms with Gasteiger partial charge in [0, 0.05) is 10.6 Å². The summed E-state index contributed by atoms with van der Waals surface area (Å²) in [6.07, 6.45) is 3.58. The smallest absolute Gasteiger partial charge is 0.270 e. The van der Waals surface area contributed by atoms with E-state index in [9.17, 15) is 14.4 Å². The highest BCUT2D eigenvalue weighted by Gasteiger charge is 2.27. The molecule has 29 heavy (non-hydrogen) atoms. The number of nitrogens with two attached hydrogens (primary N) is 1. The van der Waals surface area contributed by atoms with Crippen LogP contribution in [-0.4, -0.2) is 30.5 Å². The molecule has 1 unspecified atom stereocenters. The second-order valence-corrected chi connectivity index (χ2v) is 7.94. The molecule has 1 aliphatic carbocycles. The van der Waals surface area contributed by atoms with E-state index >= 15 is 0 Å². The van der Waals surface area contributed by atoms with Crippen molar-refractivity contribution < 1.29 is 19.2 Å². The van der Waals surface area contributed by atoms with Crippen LogP contribution in [0, 0.1) is 5.92 Å². The maximum absolute atomic E-state index is 12.1. The molecule has 0 aliphatic heterocycles. The van der Waals surface area contributed by atoms with E-state index in [0.29, 0.717) is 22.2 Å². The topological polar surface area (TPSA) is 123 Å². The number of oxime groups is 1. The Labute approximate surface area is 172 Å². The van der Waals surface area contributed by atoms with E-state index < -0.39 is 24.3 Å². The molecule has 1 atom stereocenters. The fraction of sp³-hybridized carbons (Fsp3) is 0.300. The molecule has 0 radical (unpaired) electrons. The molecular weight excluding hydrogens is 392 g/mol. The number of hydrogen-bond donors (Lipinski definition) is 3. The largest absolute Gasteiger partial charge is 0.385 e. The SMILES string of the molecule is CC1CCc2c(sc(NC(=O)CO/N=C/C(=O)Nc3ccccc3)c2C(N)=O)C1. The number of thiophene rings is 1. The molecule has 0 fully saturated rings. The number of primary amides is 1. The number of nitrogens with one attached hydrogen (secondary N) is 2. The molecule has 1 aromatic carbocycles. The van der Waals surface area contributed by atoms with Crippen LogP contribution in [0.3, 0.4) is 0 Å². The van der Waals surface area contributed by atoms with Gasteiger partial charge in [-0.15, -0.1) is 11.3 Å². The van der Waals surface area contributed by atoms with Crippen molar-refractivity contribution in [3.8, 4) is 0 Å². The maximum atomic E-state index is 12.1. The lowest BCUT2D eigenvalue weighted by atomic mass is 9.88. The molecule has 1 aliphatic rings. The summed E-state index contributed by atoms with van der Waals surface area (Å²) in [6, 6.07) is 8.88. The van der Waals surface area contributed by atoms with Crippen molar-refractivity contribution in [2.45, 2.75) is 26.2 Å². The van der Waals surface area contributed by atoms with Gasteiger partial charge in [0.15, 0.2) is 6.61 Å². The molecule has 4 N–H and O–H groups in total. The summed E-state index contributed by atoms with van der Waals surface area (Å²) in [4.78, 5) is 41.7. The molecule has 0 saturated heterocycles. The van der Waals surface area contributed by atoms with E-state index in [4.69, 9.17) is 10.6 Å². The van der Waals surface area contributed by atoms with Crippen molar-refractivity contribution in [2.75, 3.05) is 17.2 Å². The first kappa shape index (κ1) is 20.5. The zero-order valence-electron chi connectivity index (χ0n) is 15.9. The van der Waals surface area contributed by atoms with Gasteiger partial charge in [-0.1, -0.05) is 30.3 Å². The summed E-state index contributed by atoms with van der Waals surface area (Å²) >= 11 is 1.38. The van der Waals surface area contributed by atoms with E-state index in [1.54, 1.807) is 24.3 Å². The van der Waals surface area contributed by atoms with Crippen LogP contribution in [0.15, 0.2) is 35.5 Å². The second-order valence-electron chi connectivity index (χ2n) is 6.83. The zero-order valence-corrected chi connectivity index (χ0v) is 16.8. The molecule has 0 saturated carbocycles. The van der Waals surface area contributed by atoms with Gasteiger partial charge in [-0.25, -0.2) is 0 Å². The zero-order chi connectivity index (χ0) is 20.8. The van der Waals surface area contributed by atoms with E-state index in [1.165, 1.54) is 11.3 Å². The molecule has 3 rings (SSSR count). The molecule has 1 aromatic heterocycles. The number of carbonyl (C=O) groups is 3. The number of rotatable bonds is 7.